The summed E-state index contributed by atoms with van der Waals surface area (Å²) in [5.41, 5.74) is 2.07. The van der Waals surface area contributed by atoms with Crippen LogP contribution in [-0.4, -0.2) is 15.1 Å². The number of aromatic amines is 1. The summed E-state index contributed by atoms with van der Waals surface area (Å²) in [7, 11) is 0. The van der Waals surface area contributed by atoms with Gasteiger partial charge in [0.25, 0.3) is 5.69 Å². The van der Waals surface area contributed by atoms with Gasteiger partial charge in [-0.05, 0) is 18.2 Å². The molecule has 2 aromatic carbocycles. The monoisotopic (exact) mass is 307 g/mol. The number of rotatable bonds is 2. The average Bonchev–Trinajstić information content (AvgIpc) is 2.84. The van der Waals surface area contributed by atoms with Crippen molar-refractivity contribution in [3.63, 3.8) is 0 Å². The maximum Gasteiger partial charge on any atom is 0.270 e. The third-order valence-corrected chi connectivity index (χ3v) is 3.69. The minimum absolute atomic E-state index is 0.0141. The van der Waals surface area contributed by atoms with Crippen molar-refractivity contribution in [3.05, 3.63) is 56.6 Å². The van der Waals surface area contributed by atoms with Crippen LogP contribution in [0.15, 0.2) is 36.4 Å². The zero-order valence-electron chi connectivity index (χ0n) is 9.93. The molecule has 0 amide bonds. The number of halogens is 2. The van der Waals surface area contributed by atoms with Gasteiger partial charge in [0.15, 0.2) is 0 Å². The molecule has 0 atom stereocenters. The molecule has 0 saturated carbocycles. The van der Waals surface area contributed by atoms with Crippen LogP contribution < -0.4 is 0 Å². The van der Waals surface area contributed by atoms with Gasteiger partial charge >= 0.3 is 0 Å². The molecule has 3 aromatic rings. The van der Waals surface area contributed by atoms with Crippen LogP contribution in [0.4, 0.5) is 5.69 Å². The second-order valence-corrected chi connectivity index (χ2v) is 5.00. The first kappa shape index (κ1) is 12.9. The van der Waals surface area contributed by atoms with E-state index in [1.165, 1.54) is 12.1 Å². The third kappa shape index (κ3) is 2.11. The van der Waals surface area contributed by atoms with E-state index in [4.69, 9.17) is 23.2 Å². The number of nitro benzene ring substituents is 1. The molecule has 0 aliphatic carbocycles. The molecule has 1 heterocycles. The van der Waals surface area contributed by atoms with Gasteiger partial charge in [0.2, 0.25) is 0 Å². The van der Waals surface area contributed by atoms with Gasteiger partial charge in [-0.25, -0.2) is 0 Å². The number of fused-ring (bicyclic) bond motifs is 1. The van der Waals surface area contributed by atoms with E-state index in [9.17, 15) is 10.1 Å². The molecule has 3 rings (SSSR count). The molecule has 1 N–H and O–H groups in total. The van der Waals surface area contributed by atoms with Crippen molar-refractivity contribution in [3.8, 4) is 11.3 Å². The molecular formula is C13H7Cl2N3O2. The lowest BCUT2D eigenvalue weighted by Gasteiger charge is -2.00. The number of nitrogens with one attached hydrogen (secondary N) is 1. The van der Waals surface area contributed by atoms with Gasteiger partial charge in [-0.2, -0.15) is 5.10 Å². The average molecular weight is 308 g/mol. The third-order valence-electron chi connectivity index (χ3n) is 2.95. The summed E-state index contributed by atoms with van der Waals surface area (Å²) < 4.78 is 0. The largest absolute Gasteiger partial charge is 0.277 e. The van der Waals surface area contributed by atoms with Crippen LogP contribution >= 0.6 is 23.2 Å². The minimum atomic E-state index is -0.439. The van der Waals surface area contributed by atoms with Gasteiger partial charge in [0.1, 0.15) is 5.69 Å². The second kappa shape index (κ2) is 4.77. The number of benzene rings is 2. The molecule has 0 radical (unpaired) electrons. The molecule has 0 unspecified atom stereocenters. The number of nitro groups is 1. The highest BCUT2D eigenvalue weighted by Crippen LogP contribution is 2.32. The summed E-state index contributed by atoms with van der Waals surface area (Å²) >= 11 is 11.9. The van der Waals surface area contributed by atoms with Crippen molar-refractivity contribution >= 4 is 39.8 Å². The van der Waals surface area contributed by atoms with Crippen molar-refractivity contribution < 1.29 is 4.92 Å². The van der Waals surface area contributed by atoms with Crippen molar-refractivity contribution in [2.75, 3.05) is 0 Å². The lowest BCUT2D eigenvalue weighted by molar-refractivity contribution is -0.384. The summed E-state index contributed by atoms with van der Waals surface area (Å²) in [4.78, 5) is 10.4. The molecule has 0 fully saturated rings. The number of hydrogen-bond donors (Lipinski definition) is 1. The maximum absolute atomic E-state index is 10.8. The first-order chi connectivity index (χ1) is 9.56. The summed E-state index contributed by atoms with van der Waals surface area (Å²) in [6.45, 7) is 0. The first-order valence-corrected chi connectivity index (χ1v) is 6.40. The van der Waals surface area contributed by atoms with Crippen LogP contribution in [0, 0.1) is 10.1 Å². The molecule has 20 heavy (non-hydrogen) atoms. The van der Waals surface area contributed by atoms with E-state index in [1.54, 1.807) is 24.3 Å². The SMILES string of the molecule is O=[N+]([O-])c1ccc2[nH]nc(-c3ccc(Cl)c(Cl)c3)c2c1. The predicted molar refractivity (Wildman–Crippen MR) is 78.2 cm³/mol. The molecule has 0 saturated heterocycles. The fraction of sp³-hybridized carbons (Fsp3) is 0. The van der Waals surface area contributed by atoms with E-state index < -0.39 is 4.92 Å². The number of non-ortho nitro benzene ring substituents is 1. The zero-order chi connectivity index (χ0) is 14.3. The van der Waals surface area contributed by atoms with Gasteiger partial charge in [0, 0.05) is 23.1 Å². The number of hydrogen-bond acceptors (Lipinski definition) is 3. The molecule has 100 valence electrons. The van der Waals surface area contributed by atoms with E-state index in [2.05, 4.69) is 10.2 Å². The number of nitrogens with zero attached hydrogens (tertiary/aromatic N) is 2. The van der Waals surface area contributed by atoms with Gasteiger partial charge in [-0.15, -0.1) is 0 Å². The highest BCUT2D eigenvalue weighted by atomic mass is 35.5. The highest BCUT2D eigenvalue weighted by molar-refractivity contribution is 6.42. The zero-order valence-corrected chi connectivity index (χ0v) is 11.4. The van der Waals surface area contributed by atoms with E-state index in [-0.39, 0.29) is 5.69 Å². The van der Waals surface area contributed by atoms with Crippen LogP contribution in [0.25, 0.3) is 22.2 Å². The molecule has 0 bridgehead atoms. The van der Waals surface area contributed by atoms with Gasteiger partial charge in [-0.3, -0.25) is 15.2 Å². The molecule has 7 heteroatoms. The van der Waals surface area contributed by atoms with Gasteiger partial charge in [-0.1, -0.05) is 29.3 Å². The smallest absolute Gasteiger partial charge is 0.270 e. The summed E-state index contributed by atoms with van der Waals surface area (Å²) in [6.07, 6.45) is 0. The minimum Gasteiger partial charge on any atom is -0.277 e. The Balaban J connectivity index is 2.22. The molecule has 0 spiro atoms. The predicted octanol–water partition coefficient (Wildman–Crippen LogP) is 4.44. The van der Waals surface area contributed by atoms with Crippen LogP contribution in [0.5, 0.6) is 0 Å². The molecule has 0 aliphatic heterocycles. The Morgan fingerprint density at radius 1 is 1.10 bits per heavy atom. The Hall–Kier alpha value is -2.11. The van der Waals surface area contributed by atoms with Crippen molar-refractivity contribution in [2.45, 2.75) is 0 Å². The Kier molecular flexibility index (Phi) is 3.08. The van der Waals surface area contributed by atoms with Gasteiger partial charge in [0.05, 0.1) is 20.5 Å². The van der Waals surface area contributed by atoms with Crippen molar-refractivity contribution in [2.24, 2.45) is 0 Å². The summed E-state index contributed by atoms with van der Waals surface area (Å²) in [6, 6.07) is 9.65. The maximum atomic E-state index is 10.8. The quantitative estimate of drug-likeness (QED) is 0.561. The van der Waals surface area contributed by atoms with Crippen LogP contribution in [-0.2, 0) is 0 Å². The topological polar surface area (TPSA) is 71.8 Å². The summed E-state index contributed by atoms with van der Waals surface area (Å²) in [5, 5.41) is 19.4. The van der Waals surface area contributed by atoms with Gasteiger partial charge < -0.3 is 0 Å². The fourth-order valence-corrected chi connectivity index (χ4v) is 2.28. The van der Waals surface area contributed by atoms with E-state index in [0.29, 0.717) is 21.1 Å². The second-order valence-electron chi connectivity index (χ2n) is 4.19. The lowest BCUT2D eigenvalue weighted by atomic mass is 10.1. The van der Waals surface area contributed by atoms with Crippen molar-refractivity contribution in [1.29, 1.82) is 0 Å². The van der Waals surface area contributed by atoms with Crippen LogP contribution in [0.3, 0.4) is 0 Å². The standard InChI is InChI=1S/C13H7Cl2N3O2/c14-10-3-1-7(5-11(10)15)13-9-6-8(18(19)20)2-4-12(9)16-17-13/h1-6H,(H,16,17). The molecule has 0 aliphatic rings. The van der Waals surface area contributed by atoms with E-state index in [0.717, 1.165) is 11.1 Å². The molecule has 1 aromatic heterocycles. The number of aromatic nitrogens is 2. The molecular weight excluding hydrogens is 301 g/mol. The lowest BCUT2D eigenvalue weighted by Crippen LogP contribution is -1.87. The van der Waals surface area contributed by atoms with E-state index in [1.807, 2.05) is 0 Å². The summed E-state index contributed by atoms with van der Waals surface area (Å²) in [5.74, 6) is 0. The first-order valence-electron chi connectivity index (χ1n) is 5.64. The Labute approximate surface area is 123 Å². The van der Waals surface area contributed by atoms with Crippen molar-refractivity contribution in [1.82, 2.24) is 10.2 Å². The highest BCUT2D eigenvalue weighted by Gasteiger charge is 2.13. The Morgan fingerprint density at radius 3 is 2.60 bits per heavy atom. The van der Waals surface area contributed by atoms with Crippen LogP contribution in [0.2, 0.25) is 10.0 Å². The fourth-order valence-electron chi connectivity index (χ4n) is 1.98. The van der Waals surface area contributed by atoms with E-state index >= 15 is 0 Å². The Morgan fingerprint density at radius 2 is 1.90 bits per heavy atom. The molecule has 5 nitrogen and oxygen atoms in total. The normalized spacial score (nSPS) is 10.9. The Bertz CT molecular complexity index is 830. The number of H-pyrrole nitrogens is 1. The van der Waals surface area contributed by atoms with Crippen LogP contribution in [0.1, 0.15) is 0 Å².